The van der Waals surface area contributed by atoms with E-state index in [1.807, 2.05) is 45.9 Å². The Morgan fingerprint density at radius 2 is 1.62 bits per heavy atom. The Morgan fingerprint density at radius 1 is 0.966 bits per heavy atom. The van der Waals surface area contributed by atoms with Gasteiger partial charge in [-0.2, -0.15) is 0 Å². The number of carbonyl (C=O) groups excluding carboxylic acids is 2. The van der Waals surface area contributed by atoms with Gasteiger partial charge in [-0.25, -0.2) is 0 Å². The highest BCUT2D eigenvalue weighted by Crippen LogP contribution is 2.24. The van der Waals surface area contributed by atoms with Crippen LogP contribution in [0.25, 0.3) is 0 Å². The average molecular weight is 435 g/mol. The first-order valence-electron chi connectivity index (χ1n) is 9.83. The van der Waals surface area contributed by atoms with Crippen molar-refractivity contribution in [1.82, 2.24) is 10.2 Å². The summed E-state index contributed by atoms with van der Waals surface area (Å²) in [5.41, 5.74) is 3.99. The molecule has 0 aliphatic carbocycles. The molecule has 0 unspecified atom stereocenters. The first-order valence-corrected chi connectivity index (χ1v) is 10.6. The second kappa shape index (κ2) is 10.7. The number of carbonyl (C=O) groups is 2. The van der Waals surface area contributed by atoms with Crippen LogP contribution in [-0.2, 0) is 22.6 Å². The summed E-state index contributed by atoms with van der Waals surface area (Å²) in [5, 5.41) is 3.73. The van der Waals surface area contributed by atoms with Crippen LogP contribution in [-0.4, -0.2) is 29.3 Å². The van der Waals surface area contributed by atoms with Crippen molar-refractivity contribution in [3.05, 3.63) is 68.7 Å². The molecule has 2 aromatic rings. The highest BCUT2D eigenvalue weighted by atomic mass is 35.5. The Hall–Kier alpha value is -2.04. The van der Waals surface area contributed by atoms with Gasteiger partial charge in [0, 0.05) is 13.1 Å². The minimum absolute atomic E-state index is 0.0980. The summed E-state index contributed by atoms with van der Waals surface area (Å²) in [6.07, 6.45) is 0.755. The van der Waals surface area contributed by atoms with Crippen molar-refractivity contribution in [2.24, 2.45) is 0 Å². The number of nitrogens with zero attached hydrogens (tertiary/aromatic N) is 1. The molecule has 6 heteroatoms. The second-order valence-electron chi connectivity index (χ2n) is 7.26. The number of halogens is 2. The van der Waals surface area contributed by atoms with Gasteiger partial charge in [0.2, 0.25) is 11.8 Å². The van der Waals surface area contributed by atoms with Crippen molar-refractivity contribution in [1.29, 1.82) is 0 Å². The molecule has 0 saturated heterocycles. The molecule has 0 saturated carbocycles. The molecule has 0 spiro atoms. The Labute approximate surface area is 183 Å². The molecule has 0 aliphatic heterocycles. The van der Waals surface area contributed by atoms with E-state index >= 15 is 0 Å². The van der Waals surface area contributed by atoms with Gasteiger partial charge in [-0.15, -0.1) is 0 Å². The maximum Gasteiger partial charge on any atom is 0.242 e. The lowest BCUT2D eigenvalue weighted by Crippen LogP contribution is -2.49. The SMILES string of the molecule is CCNC(=O)[C@H](CC)N(Cc1ccc(Cl)c(Cl)c1)C(=O)Cc1cc(C)cc(C)c1. The van der Waals surface area contributed by atoms with E-state index in [9.17, 15) is 9.59 Å². The Kier molecular flexibility index (Phi) is 8.54. The molecule has 2 amide bonds. The van der Waals surface area contributed by atoms with Gasteiger partial charge in [-0.1, -0.05) is 65.5 Å². The first-order chi connectivity index (χ1) is 13.7. The maximum atomic E-state index is 13.3. The van der Waals surface area contributed by atoms with Crippen molar-refractivity contribution in [2.45, 2.75) is 53.1 Å². The summed E-state index contributed by atoms with van der Waals surface area (Å²) >= 11 is 12.2. The molecule has 156 valence electrons. The lowest BCUT2D eigenvalue weighted by molar-refractivity contribution is -0.140. The third-order valence-electron chi connectivity index (χ3n) is 4.71. The molecular weight excluding hydrogens is 407 g/mol. The maximum absolute atomic E-state index is 13.3. The first kappa shape index (κ1) is 23.2. The topological polar surface area (TPSA) is 49.4 Å². The Morgan fingerprint density at radius 3 is 2.17 bits per heavy atom. The summed E-state index contributed by atoms with van der Waals surface area (Å²) in [7, 11) is 0. The number of likely N-dealkylation sites (N-methyl/N-ethyl adjacent to an activating group) is 1. The summed E-state index contributed by atoms with van der Waals surface area (Å²) in [6.45, 7) is 8.60. The minimum atomic E-state index is -0.553. The van der Waals surface area contributed by atoms with Crippen molar-refractivity contribution in [3.8, 4) is 0 Å². The lowest BCUT2D eigenvalue weighted by atomic mass is 10.0. The van der Waals surface area contributed by atoms with Crippen LogP contribution in [0.5, 0.6) is 0 Å². The molecule has 1 N–H and O–H groups in total. The van der Waals surface area contributed by atoms with E-state index < -0.39 is 6.04 Å². The van der Waals surface area contributed by atoms with Crippen LogP contribution in [0.4, 0.5) is 0 Å². The molecule has 0 bridgehead atoms. The summed E-state index contributed by atoms with van der Waals surface area (Å²) < 4.78 is 0. The molecule has 0 fully saturated rings. The van der Waals surface area contributed by atoms with E-state index in [0.717, 1.165) is 22.3 Å². The van der Waals surface area contributed by atoms with Crippen LogP contribution in [0.2, 0.25) is 10.0 Å². The number of nitrogens with one attached hydrogen (secondary N) is 1. The third-order valence-corrected chi connectivity index (χ3v) is 5.45. The molecular formula is C23H28Cl2N2O2. The largest absolute Gasteiger partial charge is 0.355 e. The van der Waals surface area contributed by atoms with E-state index in [2.05, 4.69) is 11.4 Å². The normalized spacial score (nSPS) is 11.8. The van der Waals surface area contributed by atoms with Gasteiger partial charge in [0.15, 0.2) is 0 Å². The molecule has 0 aromatic heterocycles. The van der Waals surface area contributed by atoms with Crippen LogP contribution >= 0.6 is 23.2 Å². The zero-order valence-corrected chi connectivity index (χ0v) is 18.9. The predicted molar refractivity (Wildman–Crippen MR) is 119 cm³/mol. The van der Waals surface area contributed by atoms with Gasteiger partial charge >= 0.3 is 0 Å². The quantitative estimate of drug-likeness (QED) is 0.628. The fourth-order valence-electron chi connectivity index (χ4n) is 3.49. The second-order valence-corrected chi connectivity index (χ2v) is 8.08. The highest BCUT2D eigenvalue weighted by Gasteiger charge is 2.28. The van der Waals surface area contributed by atoms with Crippen LogP contribution in [0.15, 0.2) is 36.4 Å². The van der Waals surface area contributed by atoms with Gasteiger partial charge in [0.1, 0.15) is 6.04 Å². The third kappa shape index (κ3) is 6.48. The molecule has 29 heavy (non-hydrogen) atoms. The number of aryl methyl sites for hydroxylation is 2. The molecule has 1 atom stereocenters. The van der Waals surface area contributed by atoms with Gasteiger partial charge in [0.05, 0.1) is 16.5 Å². The number of amides is 2. The Bertz CT molecular complexity index is 863. The monoisotopic (exact) mass is 434 g/mol. The number of rotatable bonds is 8. The van der Waals surface area contributed by atoms with Gasteiger partial charge < -0.3 is 10.2 Å². The highest BCUT2D eigenvalue weighted by molar-refractivity contribution is 6.42. The smallest absolute Gasteiger partial charge is 0.242 e. The zero-order valence-electron chi connectivity index (χ0n) is 17.4. The molecule has 4 nitrogen and oxygen atoms in total. The fourth-order valence-corrected chi connectivity index (χ4v) is 3.81. The van der Waals surface area contributed by atoms with Crippen molar-refractivity contribution >= 4 is 35.0 Å². The molecule has 2 aromatic carbocycles. The Balaban J connectivity index is 2.34. The molecule has 0 aliphatic rings. The van der Waals surface area contributed by atoms with Crippen LogP contribution in [0, 0.1) is 13.8 Å². The van der Waals surface area contributed by atoms with E-state index in [-0.39, 0.29) is 24.8 Å². The number of hydrogen-bond acceptors (Lipinski definition) is 2. The minimum Gasteiger partial charge on any atom is -0.355 e. The standard InChI is InChI=1S/C23H28Cl2N2O2/c1-5-21(23(29)26-6-2)27(14-17-7-8-19(24)20(25)12-17)22(28)13-18-10-15(3)9-16(4)11-18/h7-12,21H,5-6,13-14H2,1-4H3,(H,26,29)/t21-/m0/s1. The van der Waals surface area contributed by atoms with Crippen LogP contribution in [0.3, 0.4) is 0 Å². The van der Waals surface area contributed by atoms with Crippen molar-refractivity contribution in [3.63, 3.8) is 0 Å². The molecule has 0 heterocycles. The summed E-state index contributed by atoms with van der Waals surface area (Å²) in [4.78, 5) is 27.6. The average Bonchev–Trinajstić information content (AvgIpc) is 2.63. The van der Waals surface area contributed by atoms with Gasteiger partial charge in [0.25, 0.3) is 0 Å². The van der Waals surface area contributed by atoms with Crippen molar-refractivity contribution in [2.75, 3.05) is 6.54 Å². The van der Waals surface area contributed by atoms with E-state index in [0.29, 0.717) is 23.0 Å². The van der Waals surface area contributed by atoms with Crippen molar-refractivity contribution < 1.29 is 9.59 Å². The van der Waals surface area contributed by atoms with E-state index in [1.54, 1.807) is 17.0 Å². The summed E-state index contributed by atoms with van der Waals surface area (Å²) in [5.74, 6) is -0.247. The molecule has 2 rings (SSSR count). The van der Waals surface area contributed by atoms with Crippen LogP contribution < -0.4 is 5.32 Å². The van der Waals surface area contributed by atoms with E-state index in [4.69, 9.17) is 23.2 Å². The number of hydrogen-bond donors (Lipinski definition) is 1. The predicted octanol–water partition coefficient (Wildman–Crippen LogP) is 5.10. The van der Waals surface area contributed by atoms with Crippen LogP contribution in [0.1, 0.15) is 42.5 Å². The van der Waals surface area contributed by atoms with Gasteiger partial charge in [-0.05, 0) is 50.5 Å². The lowest BCUT2D eigenvalue weighted by Gasteiger charge is -2.31. The summed E-state index contributed by atoms with van der Waals surface area (Å²) in [6, 6.07) is 10.8. The van der Waals surface area contributed by atoms with Gasteiger partial charge in [-0.3, -0.25) is 9.59 Å². The number of benzene rings is 2. The molecule has 0 radical (unpaired) electrons. The zero-order chi connectivity index (χ0) is 21.6. The van der Waals surface area contributed by atoms with E-state index in [1.165, 1.54) is 0 Å². The fraction of sp³-hybridized carbons (Fsp3) is 0.391.